The summed E-state index contributed by atoms with van der Waals surface area (Å²) in [5, 5.41) is 0.713. The number of nitrogens with one attached hydrogen (secondary N) is 1. The van der Waals surface area contributed by atoms with Crippen LogP contribution in [0.15, 0.2) is 88.6 Å². The minimum Gasteiger partial charge on any atom is -0.497 e. The van der Waals surface area contributed by atoms with E-state index in [4.69, 9.17) is 9.47 Å². The fourth-order valence-electron chi connectivity index (χ4n) is 3.82. The Hall–Kier alpha value is -3.95. The summed E-state index contributed by atoms with van der Waals surface area (Å²) in [5.41, 5.74) is 1.39. The molecule has 0 radical (unpaired) electrons. The smallest absolute Gasteiger partial charge is 0.338 e. The molecular formula is C27H26N2O6S. The first-order valence-electron chi connectivity index (χ1n) is 11.3. The van der Waals surface area contributed by atoms with Crippen LogP contribution in [0.25, 0.3) is 10.9 Å². The second kappa shape index (κ2) is 10.8. The van der Waals surface area contributed by atoms with E-state index in [2.05, 4.69) is 4.98 Å². The Morgan fingerprint density at radius 3 is 2.44 bits per heavy atom. The second-order valence-corrected chi connectivity index (χ2v) is 10.0. The average molecular weight is 507 g/mol. The molecule has 3 aromatic carbocycles. The van der Waals surface area contributed by atoms with E-state index in [1.807, 2.05) is 30.3 Å². The zero-order valence-corrected chi connectivity index (χ0v) is 20.7. The molecule has 0 bridgehead atoms. The van der Waals surface area contributed by atoms with Crippen LogP contribution in [0.4, 0.5) is 0 Å². The lowest BCUT2D eigenvalue weighted by Gasteiger charge is -2.23. The van der Waals surface area contributed by atoms with Crippen molar-refractivity contribution in [3.8, 4) is 5.75 Å². The highest BCUT2D eigenvalue weighted by Gasteiger charge is 2.27. The molecule has 186 valence electrons. The Morgan fingerprint density at radius 2 is 1.72 bits per heavy atom. The predicted octanol–water partition coefficient (Wildman–Crippen LogP) is 4.10. The van der Waals surface area contributed by atoms with Gasteiger partial charge >= 0.3 is 5.97 Å². The van der Waals surface area contributed by atoms with Gasteiger partial charge in [0.2, 0.25) is 10.0 Å². The van der Waals surface area contributed by atoms with Crippen LogP contribution < -0.4 is 10.3 Å². The molecule has 36 heavy (non-hydrogen) atoms. The molecule has 4 aromatic rings. The quantitative estimate of drug-likeness (QED) is 0.343. The van der Waals surface area contributed by atoms with Gasteiger partial charge in [0, 0.05) is 29.6 Å². The number of hydrogen-bond donors (Lipinski definition) is 1. The van der Waals surface area contributed by atoms with Crippen LogP contribution in [-0.4, -0.2) is 37.4 Å². The predicted molar refractivity (Wildman–Crippen MR) is 136 cm³/mol. The number of carbonyl (C=O) groups is 1. The Kier molecular flexibility index (Phi) is 7.52. The topological polar surface area (TPSA) is 106 Å². The lowest BCUT2D eigenvalue weighted by atomic mass is 10.1. The fraction of sp³-hybridized carbons (Fsp3) is 0.185. The summed E-state index contributed by atoms with van der Waals surface area (Å²) in [4.78, 5) is 27.8. The number of sulfonamides is 1. The van der Waals surface area contributed by atoms with Gasteiger partial charge in [-0.15, -0.1) is 0 Å². The minimum atomic E-state index is -4.10. The van der Waals surface area contributed by atoms with Crippen LogP contribution in [0.1, 0.15) is 28.4 Å². The molecular weight excluding hydrogens is 480 g/mol. The second-order valence-electron chi connectivity index (χ2n) is 8.08. The van der Waals surface area contributed by atoms with Crippen molar-refractivity contribution >= 4 is 26.9 Å². The van der Waals surface area contributed by atoms with Gasteiger partial charge in [0.05, 0.1) is 24.2 Å². The number of methoxy groups -OCH3 is 1. The van der Waals surface area contributed by atoms with Crippen LogP contribution in [0.3, 0.4) is 0 Å². The summed E-state index contributed by atoms with van der Waals surface area (Å²) in [6.07, 6.45) is 0. The van der Waals surface area contributed by atoms with E-state index < -0.39 is 16.0 Å². The number of carbonyl (C=O) groups excluding carboxylic acids is 1. The Balaban J connectivity index is 1.77. The van der Waals surface area contributed by atoms with Gasteiger partial charge in [-0.05, 0) is 55.0 Å². The summed E-state index contributed by atoms with van der Waals surface area (Å²) in [6, 6.07) is 21.7. The van der Waals surface area contributed by atoms with Crippen molar-refractivity contribution in [3.63, 3.8) is 0 Å². The molecule has 0 unspecified atom stereocenters. The first kappa shape index (κ1) is 25.2. The van der Waals surface area contributed by atoms with Gasteiger partial charge in [0.25, 0.3) is 5.56 Å². The van der Waals surface area contributed by atoms with Crippen molar-refractivity contribution in [2.75, 3.05) is 13.7 Å². The summed E-state index contributed by atoms with van der Waals surface area (Å²) in [6.45, 7) is 1.70. The number of nitrogens with zero attached hydrogens (tertiary/aromatic N) is 1. The van der Waals surface area contributed by atoms with Crippen LogP contribution in [-0.2, 0) is 27.8 Å². The Bertz CT molecular complexity index is 1550. The average Bonchev–Trinajstić information content (AvgIpc) is 2.89. The maximum absolute atomic E-state index is 13.8. The van der Waals surface area contributed by atoms with Crippen molar-refractivity contribution in [3.05, 3.63) is 106 Å². The van der Waals surface area contributed by atoms with E-state index in [0.29, 0.717) is 16.7 Å². The van der Waals surface area contributed by atoms with Crippen LogP contribution in [0.2, 0.25) is 0 Å². The van der Waals surface area contributed by atoms with Gasteiger partial charge in [-0.1, -0.05) is 36.4 Å². The zero-order chi connectivity index (χ0) is 25.7. The van der Waals surface area contributed by atoms with E-state index in [-0.39, 0.29) is 41.3 Å². The Morgan fingerprint density at radius 1 is 0.944 bits per heavy atom. The van der Waals surface area contributed by atoms with Crippen LogP contribution >= 0.6 is 0 Å². The van der Waals surface area contributed by atoms with Crippen molar-refractivity contribution in [1.82, 2.24) is 9.29 Å². The highest BCUT2D eigenvalue weighted by Crippen LogP contribution is 2.24. The maximum Gasteiger partial charge on any atom is 0.338 e. The number of benzene rings is 3. The maximum atomic E-state index is 13.8. The van der Waals surface area contributed by atoms with Crippen molar-refractivity contribution in [2.24, 2.45) is 0 Å². The van der Waals surface area contributed by atoms with E-state index in [9.17, 15) is 18.0 Å². The van der Waals surface area contributed by atoms with Crippen LogP contribution in [0.5, 0.6) is 5.75 Å². The Labute approximate surface area is 209 Å². The van der Waals surface area contributed by atoms with Gasteiger partial charge < -0.3 is 14.5 Å². The number of H-pyrrole nitrogens is 1. The number of pyridine rings is 1. The number of fused-ring (bicyclic) bond motifs is 1. The molecule has 0 saturated carbocycles. The van der Waals surface area contributed by atoms with E-state index in [0.717, 1.165) is 5.56 Å². The van der Waals surface area contributed by atoms with E-state index >= 15 is 0 Å². The summed E-state index contributed by atoms with van der Waals surface area (Å²) >= 11 is 0. The number of ether oxygens (including phenoxy) is 2. The molecule has 1 heterocycles. The van der Waals surface area contributed by atoms with Gasteiger partial charge in [0.1, 0.15) is 5.75 Å². The van der Waals surface area contributed by atoms with Gasteiger partial charge in [-0.3, -0.25) is 4.79 Å². The molecule has 1 N–H and O–H groups in total. The minimum absolute atomic E-state index is 0.0302. The third-order valence-corrected chi connectivity index (χ3v) is 7.45. The fourth-order valence-corrected chi connectivity index (χ4v) is 5.28. The van der Waals surface area contributed by atoms with Crippen LogP contribution in [0, 0.1) is 0 Å². The first-order valence-corrected chi connectivity index (χ1v) is 12.8. The molecule has 0 saturated heterocycles. The number of aromatic nitrogens is 1. The van der Waals surface area contributed by atoms with Gasteiger partial charge in [-0.2, -0.15) is 4.31 Å². The van der Waals surface area contributed by atoms with Gasteiger partial charge in [-0.25, -0.2) is 13.2 Å². The van der Waals surface area contributed by atoms with E-state index in [1.54, 1.807) is 38.3 Å². The summed E-state index contributed by atoms with van der Waals surface area (Å²) in [5.74, 6) is 0.00845. The largest absolute Gasteiger partial charge is 0.497 e. The highest BCUT2D eigenvalue weighted by atomic mass is 32.2. The normalized spacial score (nSPS) is 11.5. The number of rotatable bonds is 9. The molecule has 4 rings (SSSR count). The van der Waals surface area contributed by atoms with Crippen molar-refractivity contribution in [2.45, 2.75) is 24.9 Å². The lowest BCUT2D eigenvalue weighted by Crippen LogP contribution is -2.32. The SMILES string of the molecule is CCOC(=O)c1cccc(S(=O)(=O)N(Cc2ccccc2)Cc2cc3cc(OC)ccc3[nH]c2=O)c1. The number of esters is 1. The number of hydrogen-bond acceptors (Lipinski definition) is 6. The molecule has 0 aliphatic rings. The summed E-state index contributed by atoms with van der Waals surface area (Å²) < 4.78 is 39.1. The third kappa shape index (κ3) is 5.48. The molecule has 0 atom stereocenters. The lowest BCUT2D eigenvalue weighted by molar-refractivity contribution is 0.0526. The molecule has 0 fully saturated rings. The molecule has 0 spiro atoms. The van der Waals surface area contributed by atoms with Crippen molar-refractivity contribution < 1.29 is 22.7 Å². The number of aromatic amines is 1. The monoisotopic (exact) mass is 506 g/mol. The molecule has 8 nitrogen and oxygen atoms in total. The molecule has 0 aliphatic heterocycles. The summed E-state index contributed by atoms with van der Waals surface area (Å²) in [7, 11) is -2.56. The molecule has 1 aromatic heterocycles. The van der Waals surface area contributed by atoms with Crippen molar-refractivity contribution in [1.29, 1.82) is 0 Å². The standard InChI is InChI=1S/C27H26N2O6S/c1-3-35-27(31)20-10-7-11-24(16-20)36(32,33)29(17-19-8-5-4-6-9-19)18-22-14-21-15-23(34-2)12-13-25(21)28-26(22)30/h4-16H,3,17-18H2,1-2H3,(H,28,30). The highest BCUT2D eigenvalue weighted by molar-refractivity contribution is 7.89. The molecule has 0 amide bonds. The third-order valence-electron chi connectivity index (χ3n) is 5.66. The first-order chi connectivity index (χ1) is 17.3. The molecule has 0 aliphatic carbocycles. The van der Waals surface area contributed by atoms with E-state index in [1.165, 1.54) is 28.6 Å². The zero-order valence-electron chi connectivity index (χ0n) is 19.9. The molecule has 9 heteroatoms. The van der Waals surface area contributed by atoms with Gasteiger partial charge in [0.15, 0.2) is 0 Å².